The molecule has 2 aromatic rings. The number of aromatic nitrogens is 1. The van der Waals surface area contributed by atoms with Crippen molar-refractivity contribution in [2.75, 3.05) is 13.1 Å². The normalized spacial score (nSPS) is 34.4. The number of carbonyl (C=O) groups is 1. The molecule has 3 N–H and O–H groups in total. The number of phenolic OH excluding ortho intramolecular Hbond substituents is 1. The minimum absolute atomic E-state index is 0. The van der Waals surface area contributed by atoms with Gasteiger partial charge in [0.25, 0.3) is 5.91 Å². The molecular weight excluding hydrogens is 466 g/mol. The van der Waals surface area contributed by atoms with Gasteiger partial charge < -0.3 is 20.3 Å². The zero-order chi connectivity index (χ0) is 23.2. The molecule has 2 aliphatic heterocycles. The summed E-state index contributed by atoms with van der Waals surface area (Å²) in [4.78, 5) is 19.9. The van der Waals surface area contributed by atoms with E-state index in [0.717, 1.165) is 43.0 Å². The van der Waals surface area contributed by atoms with Crippen molar-refractivity contribution in [3.05, 3.63) is 52.8 Å². The molecule has 3 heterocycles. The lowest BCUT2D eigenvalue weighted by molar-refractivity contribution is -0.191. The highest BCUT2D eigenvalue weighted by atomic mass is 35.5. The number of piperidine rings is 1. The van der Waals surface area contributed by atoms with Crippen LogP contribution in [0.3, 0.4) is 0 Å². The van der Waals surface area contributed by atoms with Crippen LogP contribution in [-0.2, 0) is 11.8 Å². The van der Waals surface area contributed by atoms with Crippen LogP contribution in [0.2, 0.25) is 0 Å². The molecule has 1 aromatic carbocycles. The van der Waals surface area contributed by atoms with Crippen LogP contribution in [0.15, 0.2) is 30.6 Å². The van der Waals surface area contributed by atoms with Gasteiger partial charge in [-0.05, 0) is 81.2 Å². The maximum Gasteiger partial charge on any atom is 0.252 e. The molecule has 1 saturated heterocycles. The summed E-state index contributed by atoms with van der Waals surface area (Å²) in [5.41, 5.74) is 2.03. The molecule has 2 saturated carbocycles. The fourth-order valence-electron chi connectivity index (χ4n) is 7.60. The van der Waals surface area contributed by atoms with E-state index in [1.54, 1.807) is 24.5 Å². The summed E-state index contributed by atoms with van der Waals surface area (Å²) >= 11 is 0. The number of likely N-dealkylation sites (tertiary alicyclic amines) is 1. The Labute approximate surface area is 211 Å². The van der Waals surface area contributed by atoms with Gasteiger partial charge in [-0.15, -0.1) is 12.4 Å². The zero-order valence-electron chi connectivity index (χ0n) is 19.9. The third kappa shape index (κ3) is 3.04. The lowest BCUT2D eigenvalue weighted by Crippen LogP contribution is -2.78. The fourth-order valence-corrected chi connectivity index (χ4v) is 7.60. The molecule has 3 aliphatic carbocycles. The number of amides is 1. The molecule has 7 rings (SSSR count). The van der Waals surface area contributed by atoms with Gasteiger partial charge in [0.1, 0.15) is 6.10 Å². The SMILES string of the molecule is Cc1cnccc1C(=O)N[C@@H]1CC[C@@]2(O)[C@H]3Cc4ccc(O)c5c4[C@@]2(CCN3CC2CC2)[C@H]1O5.Cl. The third-order valence-electron chi connectivity index (χ3n) is 9.34. The lowest BCUT2D eigenvalue weighted by atomic mass is 9.48. The van der Waals surface area contributed by atoms with Crippen LogP contribution in [0.1, 0.15) is 59.2 Å². The first-order valence-electron chi connectivity index (χ1n) is 12.6. The average molecular weight is 498 g/mol. The van der Waals surface area contributed by atoms with Gasteiger partial charge in [0.05, 0.1) is 17.1 Å². The van der Waals surface area contributed by atoms with Crippen LogP contribution in [0.5, 0.6) is 11.5 Å². The molecule has 7 nitrogen and oxygen atoms in total. The number of carbonyl (C=O) groups excluding carboxylic acids is 1. The molecule has 186 valence electrons. The van der Waals surface area contributed by atoms with E-state index in [9.17, 15) is 15.0 Å². The van der Waals surface area contributed by atoms with Crippen LogP contribution >= 0.6 is 12.4 Å². The maximum atomic E-state index is 13.2. The van der Waals surface area contributed by atoms with E-state index in [-0.39, 0.29) is 36.1 Å². The molecular formula is C27H32ClN3O4. The Morgan fingerprint density at radius 2 is 2.09 bits per heavy atom. The number of pyridine rings is 1. The molecule has 1 aromatic heterocycles. The van der Waals surface area contributed by atoms with Crippen molar-refractivity contribution in [3.8, 4) is 11.5 Å². The van der Waals surface area contributed by atoms with Gasteiger partial charge in [0.15, 0.2) is 11.5 Å². The number of phenols is 1. The summed E-state index contributed by atoms with van der Waals surface area (Å²) in [5, 5.41) is 26.5. The first-order chi connectivity index (χ1) is 16.4. The number of aryl methyl sites for hydroxylation is 1. The van der Waals surface area contributed by atoms with Crippen molar-refractivity contribution in [2.45, 2.75) is 74.7 Å². The Kier molecular flexibility index (Phi) is 5.16. The van der Waals surface area contributed by atoms with Gasteiger partial charge in [0.2, 0.25) is 0 Å². The predicted octanol–water partition coefficient (Wildman–Crippen LogP) is 2.88. The summed E-state index contributed by atoms with van der Waals surface area (Å²) in [5.74, 6) is 1.24. The largest absolute Gasteiger partial charge is 0.504 e. The Balaban J connectivity index is 0.00000229. The van der Waals surface area contributed by atoms with Gasteiger partial charge in [-0.1, -0.05) is 6.07 Å². The molecule has 3 fully saturated rings. The van der Waals surface area contributed by atoms with Gasteiger partial charge in [-0.25, -0.2) is 0 Å². The van der Waals surface area contributed by atoms with E-state index in [2.05, 4.69) is 15.2 Å². The Bertz CT molecular complexity index is 1200. The highest BCUT2D eigenvalue weighted by Crippen LogP contribution is 2.65. The molecule has 35 heavy (non-hydrogen) atoms. The van der Waals surface area contributed by atoms with E-state index < -0.39 is 17.1 Å². The van der Waals surface area contributed by atoms with Crippen molar-refractivity contribution in [1.29, 1.82) is 0 Å². The first kappa shape index (κ1) is 23.1. The Morgan fingerprint density at radius 3 is 2.86 bits per heavy atom. The zero-order valence-corrected chi connectivity index (χ0v) is 20.7. The highest BCUT2D eigenvalue weighted by molar-refractivity contribution is 5.95. The summed E-state index contributed by atoms with van der Waals surface area (Å²) < 4.78 is 6.53. The van der Waals surface area contributed by atoms with Gasteiger partial charge in [-0.3, -0.25) is 14.7 Å². The second-order valence-corrected chi connectivity index (χ2v) is 11.1. The number of aliphatic hydroxyl groups is 1. The van der Waals surface area contributed by atoms with Crippen LogP contribution in [-0.4, -0.2) is 62.9 Å². The van der Waals surface area contributed by atoms with E-state index >= 15 is 0 Å². The molecule has 1 spiro atoms. The van der Waals surface area contributed by atoms with Crippen LogP contribution in [0.4, 0.5) is 0 Å². The lowest BCUT2D eigenvalue weighted by Gasteiger charge is -2.64. The topological polar surface area (TPSA) is 94.9 Å². The number of benzene rings is 1. The molecule has 2 bridgehead atoms. The Morgan fingerprint density at radius 1 is 1.26 bits per heavy atom. The second kappa shape index (κ2) is 7.82. The fraction of sp³-hybridized carbons (Fsp3) is 0.556. The van der Waals surface area contributed by atoms with Crippen molar-refractivity contribution >= 4 is 18.3 Å². The number of aromatic hydroxyl groups is 1. The maximum absolute atomic E-state index is 13.2. The minimum Gasteiger partial charge on any atom is -0.504 e. The minimum atomic E-state index is -0.940. The summed E-state index contributed by atoms with van der Waals surface area (Å²) in [6, 6.07) is 5.26. The Hall–Kier alpha value is -2.35. The van der Waals surface area contributed by atoms with E-state index in [1.807, 2.05) is 13.0 Å². The van der Waals surface area contributed by atoms with Crippen molar-refractivity contribution in [2.24, 2.45) is 5.92 Å². The summed E-state index contributed by atoms with van der Waals surface area (Å²) in [7, 11) is 0. The van der Waals surface area contributed by atoms with Crippen molar-refractivity contribution in [3.63, 3.8) is 0 Å². The molecule has 8 heteroatoms. The molecule has 0 unspecified atom stereocenters. The number of hydrogen-bond acceptors (Lipinski definition) is 6. The number of halogens is 1. The van der Waals surface area contributed by atoms with Crippen molar-refractivity contribution in [1.82, 2.24) is 15.2 Å². The number of nitrogens with one attached hydrogen (secondary N) is 1. The van der Waals surface area contributed by atoms with E-state index in [1.165, 1.54) is 18.4 Å². The van der Waals surface area contributed by atoms with Crippen molar-refractivity contribution < 1.29 is 19.7 Å². The number of ether oxygens (including phenoxy) is 1. The van der Waals surface area contributed by atoms with Gasteiger partial charge in [-0.2, -0.15) is 0 Å². The third-order valence-corrected chi connectivity index (χ3v) is 9.34. The first-order valence-corrected chi connectivity index (χ1v) is 12.6. The molecule has 5 atom stereocenters. The van der Waals surface area contributed by atoms with Crippen LogP contribution < -0.4 is 10.1 Å². The van der Waals surface area contributed by atoms with Gasteiger partial charge in [0, 0.05) is 36.1 Å². The van der Waals surface area contributed by atoms with Crippen LogP contribution in [0, 0.1) is 12.8 Å². The number of nitrogens with zero attached hydrogens (tertiary/aromatic N) is 2. The molecule has 0 radical (unpaired) electrons. The average Bonchev–Trinajstić information content (AvgIpc) is 3.56. The summed E-state index contributed by atoms with van der Waals surface area (Å²) in [6.45, 7) is 3.84. The number of rotatable bonds is 4. The smallest absolute Gasteiger partial charge is 0.252 e. The predicted molar refractivity (Wildman–Crippen MR) is 132 cm³/mol. The molecule has 1 amide bonds. The number of hydrogen-bond donors (Lipinski definition) is 3. The van der Waals surface area contributed by atoms with E-state index in [0.29, 0.717) is 24.2 Å². The summed E-state index contributed by atoms with van der Waals surface area (Å²) in [6.07, 6.45) is 8.27. The second-order valence-electron chi connectivity index (χ2n) is 11.1. The standard InChI is InChI=1S/C27H31N3O4.ClH/c1-15-13-28-10-7-18(15)25(32)29-19-6-8-27(33)21-12-17-4-5-20(31)23-22(17)26(27,24(19)34-23)9-11-30(21)14-16-2-3-16;/h4-5,7,10,13,16,19,21,24,31,33H,2-3,6,8-9,11-12,14H2,1H3,(H,29,32);1H/t19-,21-,24+,26+,27-;/m1./s1. The monoisotopic (exact) mass is 497 g/mol. The molecule has 5 aliphatic rings. The van der Waals surface area contributed by atoms with E-state index in [4.69, 9.17) is 4.74 Å². The quantitative estimate of drug-likeness (QED) is 0.601. The highest BCUT2D eigenvalue weighted by Gasteiger charge is 2.73. The van der Waals surface area contributed by atoms with Crippen LogP contribution in [0.25, 0.3) is 0 Å². The van der Waals surface area contributed by atoms with Gasteiger partial charge >= 0.3 is 0 Å².